The number of piperidine rings is 1. The van der Waals surface area contributed by atoms with Gasteiger partial charge < -0.3 is 10.6 Å². The first-order valence-corrected chi connectivity index (χ1v) is 9.33. The van der Waals surface area contributed by atoms with Crippen LogP contribution in [-0.4, -0.2) is 29.9 Å². The third kappa shape index (κ3) is 5.00. The maximum atomic E-state index is 13.0. The summed E-state index contributed by atoms with van der Waals surface area (Å²) < 4.78 is 0. The molecular formula is C20H25ClN2OS. The molecule has 0 saturated carbocycles. The van der Waals surface area contributed by atoms with Crippen LogP contribution in [0.25, 0.3) is 0 Å². The average molecular weight is 377 g/mol. The van der Waals surface area contributed by atoms with E-state index in [4.69, 9.17) is 5.73 Å². The van der Waals surface area contributed by atoms with Gasteiger partial charge in [0.2, 0.25) is 0 Å². The second-order valence-corrected chi connectivity index (χ2v) is 7.52. The fourth-order valence-corrected chi connectivity index (χ4v) is 4.11. The molecule has 25 heavy (non-hydrogen) atoms. The number of nitrogens with two attached hydrogens (primary N) is 1. The molecule has 3 nitrogen and oxygen atoms in total. The summed E-state index contributed by atoms with van der Waals surface area (Å²) in [5.74, 6) is 0.667. The van der Waals surface area contributed by atoms with Crippen LogP contribution in [-0.2, 0) is 0 Å². The lowest BCUT2D eigenvalue weighted by Gasteiger charge is -2.34. The molecule has 1 amide bonds. The predicted molar refractivity (Wildman–Crippen MR) is 107 cm³/mol. The van der Waals surface area contributed by atoms with Crippen molar-refractivity contribution in [1.29, 1.82) is 0 Å². The van der Waals surface area contributed by atoms with Gasteiger partial charge >= 0.3 is 0 Å². The van der Waals surface area contributed by atoms with Crippen molar-refractivity contribution >= 4 is 30.1 Å². The van der Waals surface area contributed by atoms with Crippen molar-refractivity contribution in [3.8, 4) is 0 Å². The molecule has 2 aromatic rings. The first-order chi connectivity index (χ1) is 11.6. The number of nitrogens with zero attached hydrogens (tertiary/aromatic N) is 1. The van der Waals surface area contributed by atoms with Crippen molar-refractivity contribution < 1.29 is 4.79 Å². The second-order valence-electron chi connectivity index (χ2n) is 6.40. The average Bonchev–Trinajstić information content (AvgIpc) is 2.62. The van der Waals surface area contributed by atoms with E-state index in [0.717, 1.165) is 41.3 Å². The Morgan fingerprint density at radius 3 is 2.32 bits per heavy atom. The van der Waals surface area contributed by atoms with Crippen LogP contribution in [0.3, 0.4) is 0 Å². The van der Waals surface area contributed by atoms with Gasteiger partial charge in [-0.25, -0.2) is 0 Å². The van der Waals surface area contributed by atoms with E-state index >= 15 is 0 Å². The molecule has 0 bridgehead atoms. The Morgan fingerprint density at radius 2 is 1.68 bits per heavy atom. The summed E-state index contributed by atoms with van der Waals surface area (Å²) in [4.78, 5) is 17.1. The number of benzene rings is 2. The number of amides is 1. The molecule has 134 valence electrons. The zero-order valence-electron chi connectivity index (χ0n) is 14.4. The monoisotopic (exact) mass is 376 g/mol. The number of hydrogen-bond donors (Lipinski definition) is 1. The number of rotatable bonds is 4. The van der Waals surface area contributed by atoms with Crippen LogP contribution >= 0.6 is 24.2 Å². The summed E-state index contributed by atoms with van der Waals surface area (Å²) in [6, 6.07) is 18.3. The largest absolute Gasteiger partial charge is 0.339 e. The Labute approximate surface area is 160 Å². The first-order valence-electron chi connectivity index (χ1n) is 8.52. The van der Waals surface area contributed by atoms with E-state index in [1.807, 2.05) is 47.4 Å². The van der Waals surface area contributed by atoms with E-state index < -0.39 is 0 Å². The summed E-state index contributed by atoms with van der Waals surface area (Å²) in [7, 11) is 0. The quantitative estimate of drug-likeness (QED) is 0.856. The lowest BCUT2D eigenvalue weighted by atomic mass is 9.90. The smallest absolute Gasteiger partial charge is 0.255 e. The van der Waals surface area contributed by atoms with Gasteiger partial charge in [-0.05, 0) is 49.9 Å². The molecule has 1 heterocycles. The van der Waals surface area contributed by atoms with Gasteiger partial charge in [-0.15, -0.1) is 12.4 Å². The Bertz CT molecular complexity index is 685. The maximum Gasteiger partial charge on any atom is 0.255 e. The van der Waals surface area contributed by atoms with Gasteiger partial charge in [-0.1, -0.05) is 42.1 Å². The van der Waals surface area contributed by atoms with Gasteiger partial charge in [-0.3, -0.25) is 4.79 Å². The minimum absolute atomic E-state index is 0. The fourth-order valence-electron chi connectivity index (χ4n) is 3.15. The third-order valence-electron chi connectivity index (χ3n) is 4.66. The molecule has 2 aromatic carbocycles. The number of halogens is 1. The normalized spacial score (nSPS) is 16.2. The van der Waals surface area contributed by atoms with Crippen molar-refractivity contribution in [2.24, 2.45) is 11.7 Å². The second kappa shape index (κ2) is 9.27. The molecule has 1 fully saturated rings. The van der Waals surface area contributed by atoms with Crippen molar-refractivity contribution in [2.75, 3.05) is 13.1 Å². The van der Waals surface area contributed by atoms with E-state index in [9.17, 15) is 4.79 Å². The van der Waals surface area contributed by atoms with E-state index in [-0.39, 0.29) is 24.4 Å². The standard InChI is InChI=1S/C20H24N2OS.ClH/c1-15(21)16-11-13-22(14-12-16)20(23)18-9-5-6-10-19(18)24-17-7-3-2-4-8-17;/h2-10,15-16H,11-14,21H2,1H3;1H. The summed E-state index contributed by atoms with van der Waals surface area (Å²) in [6.45, 7) is 3.67. The molecule has 0 aromatic heterocycles. The molecule has 0 radical (unpaired) electrons. The molecule has 2 N–H and O–H groups in total. The van der Waals surface area contributed by atoms with E-state index in [1.54, 1.807) is 11.8 Å². The number of carbonyl (C=O) groups is 1. The molecule has 1 saturated heterocycles. The zero-order chi connectivity index (χ0) is 16.9. The maximum absolute atomic E-state index is 13.0. The molecular weight excluding hydrogens is 352 g/mol. The molecule has 5 heteroatoms. The Kier molecular flexibility index (Phi) is 7.36. The highest BCUT2D eigenvalue weighted by Gasteiger charge is 2.26. The molecule has 1 aliphatic rings. The van der Waals surface area contributed by atoms with Crippen LogP contribution in [0, 0.1) is 5.92 Å². The van der Waals surface area contributed by atoms with Crippen LogP contribution in [0.4, 0.5) is 0 Å². The highest BCUT2D eigenvalue weighted by atomic mass is 35.5. The molecule has 1 aliphatic heterocycles. The first kappa shape index (κ1) is 19.8. The summed E-state index contributed by atoms with van der Waals surface area (Å²) in [6.07, 6.45) is 1.99. The van der Waals surface area contributed by atoms with Crippen molar-refractivity contribution in [2.45, 2.75) is 35.6 Å². The summed E-state index contributed by atoms with van der Waals surface area (Å²) >= 11 is 1.64. The van der Waals surface area contributed by atoms with Gasteiger partial charge in [0.25, 0.3) is 5.91 Å². The summed E-state index contributed by atoms with van der Waals surface area (Å²) in [5.41, 5.74) is 6.80. The molecule has 3 rings (SSSR count). The molecule has 1 atom stereocenters. The van der Waals surface area contributed by atoms with Gasteiger partial charge in [0.05, 0.1) is 5.56 Å². The number of hydrogen-bond acceptors (Lipinski definition) is 3. The van der Waals surface area contributed by atoms with Crippen LogP contribution in [0.1, 0.15) is 30.1 Å². The molecule has 0 spiro atoms. The van der Waals surface area contributed by atoms with Crippen LogP contribution in [0.15, 0.2) is 64.4 Å². The van der Waals surface area contributed by atoms with E-state index in [2.05, 4.69) is 19.1 Å². The predicted octanol–water partition coefficient (Wildman–Crippen LogP) is 4.46. The Morgan fingerprint density at radius 1 is 1.08 bits per heavy atom. The minimum Gasteiger partial charge on any atom is -0.339 e. The van der Waals surface area contributed by atoms with Gasteiger partial charge in [-0.2, -0.15) is 0 Å². The van der Waals surface area contributed by atoms with Gasteiger partial charge in [0.1, 0.15) is 0 Å². The van der Waals surface area contributed by atoms with E-state index in [1.165, 1.54) is 0 Å². The Balaban J connectivity index is 0.00000225. The molecule has 1 unspecified atom stereocenters. The topological polar surface area (TPSA) is 46.3 Å². The van der Waals surface area contributed by atoms with E-state index in [0.29, 0.717) is 5.92 Å². The number of carbonyl (C=O) groups excluding carboxylic acids is 1. The van der Waals surface area contributed by atoms with Gasteiger partial charge in [0, 0.05) is 28.9 Å². The van der Waals surface area contributed by atoms with Crippen molar-refractivity contribution in [1.82, 2.24) is 4.90 Å². The van der Waals surface area contributed by atoms with Crippen LogP contribution in [0.2, 0.25) is 0 Å². The minimum atomic E-state index is 0. The molecule has 0 aliphatic carbocycles. The van der Waals surface area contributed by atoms with Crippen LogP contribution in [0.5, 0.6) is 0 Å². The highest BCUT2D eigenvalue weighted by molar-refractivity contribution is 7.99. The lowest BCUT2D eigenvalue weighted by molar-refractivity contribution is 0.0677. The fraction of sp³-hybridized carbons (Fsp3) is 0.350. The highest BCUT2D eigenvalue weighted by Crippen LogP contribution is 2.31. The zero-order valence-corrected chi connectivity index (χ0v) is 16.1. The van der Waals surface area contributed by atoms with Crippen molar-refractivity contribution in [3.05, 3.63) is 60.2 Å². The number of likely N-dealkylation sites (tertiary alicyclic amines) is 1. The Hall–Kier alpha value is -1.49. The lowest BCUT2D eigenvalue weighted by Crippen LogP contribution is -2.42. The van der Waals surface area contributed by atoms with Gasteiger partial charge in [0.15, 0.2) is 0 Å². The van der Waals surface area contributed by atoms with Crippen LogP contribution < -0.4 is 5.73 Å². The van der Waals surface area contributed by atoms with Crippen molar-refractivity contribution in [3.63, 3.8) is 0 Å². The third-order valence-corrected chi connectivity index (χ3v) is 5.74. The SMILES string of the molecule is CC(N)C1CCN(C(=O)c2ccccc2Sc2ccccc2)CC1.Cl. The summed E-state index contributed by atoms with van der Waals surface area (Å²) in [5, 5.41) is 0.